The van der Waals surface area contributed by atoms with Crippen molar-refractivity contribution in [2.45, 2.75) is 6.29 Å². The van der Waals surface area contributed by atoms with Crippen LogP contribution in [0.4, 0.5) is 5.69 Å². The standard InChI is InChI=1S/C16H14BrN3O4/c1-22-15(21)14-13(19)10(7-18)8-20(14)12-5-9(4-11(17)6-12)16-23-2-3-24-16/h4-6,8,16H,2-3,19H2,1H3. The Hall–Kier alpha value is -2.34. The van der Waals surface area contributed by atoms with E-state index in [4.69, 9.17) is 19.9 Å². The van der Waals surface area contributed by atoms with Crippen LogP contribution in [-0.4, -0.2) is 30.9 Å². The summed E-state index contributed by atoms with van der Waals surface area (Å²) in [5.74, 6) is -0.621. The number of nitrogen functional groups attached to an aromatic ring is 1. The maximum atomic E-state index is 12.1. The van der Waals surface area contributed by atoms with Gasteiger partial charge in [-0.2, -0.15) is 5.26 Å². The number of benzene rings is 1. The van der Waals surface area contributed by atoms with Crippen molar-refractivity contribution in [3.63, 3.8) is 0 Å². The minimum absolute atomic E-state index is 0.0826. The molecule has 0 amide bonds. The molecule has 1 aliphatic heterocycles. The molecule has 2 aromatic rings. The molecule has 8 heteroatoms. The summed E-state index contributed by atoms with van der Waals surface area (Å²) < 4.78 is 18.1. The molecule has 0 unspecified atom stereocenters. The van der Waals surface area contributed by atoms with Crippen LogP contribution in [0.2, 0.25) is 0 Å². The number of hydrogen-bond donors (Lipinski definition) is 1. The van der Waals surface area contributed by atoms with E-state index in [-0.39, 0.29) is 16.9 Å². The van der Waals surface area contributed by atoms with Gasteiger partial charge in [-0.3, -0.25) is 0 Å². The van der Waals surface area contributed by atoms with Gasteiger partial charge in [0.2, 0.25) is 0 Å². The Morgan fingerprint density at radius 1 is 1.42 bits per heavy atom. The zero-order chi connectivity index (χ0) is 17.3. The molecule has 1 aliphatic rings. The molecule has 0 bridgehead atoms. The van der Waals surface area contributed by atoms with Crippen molar-refractivity contribution < 1.29 is 19.0 Å². The average Bonchev–Trinajstić information content (AvgIpc) is 3.21. The summed E-state index contributed by atoms with van der Waals surface area (Å²) in [6, 6.07) is 7.46. The lowest BCUT2D eigenvalue weighted by atomic mass is 10.2. The van der Waals surface area contributed by atoms with Crippen molar-refractivity contribution in [3.8, 4) is 11.8 Å². The number of halogens is 1. The maximum absolute atomic E-state index is 12.1. The first kappa shape index (κ1) is 16.5. The molecule has 3 rings (SSSR count). The van der Waals surface area contributed by atoms with E-state index < -0.39 is 12.3 Å². The quantitative estimate of drug-likeness (QED) is 0.806. The van der Waals surface area contributed by atoms with Crippen LogP contribution in [0, 0.1) is 11.3 Å². The lowest BCUT2D eigenvalue weighted by Gasteiger charge is -2.14. The van der Waals surface area contributed by atoms with E-state index in [2.05, 4.69) is 15.9 Å². The third kappa shape index (κ3) is 2.89. The molecule has 1 aromatic carbocycles. The van der Waals surface area contributed by atoms with E-state index in [0.717, 1.165) is 10.0 Å². The molecule has 1 fully saturated rings. The van der Waals surface area contributed by atoms with Gasteiger partial charge in [0.25, 0.3) is 0 Å². The zero-order valence-electron chi connectivity index (χ0n) is 12.8. The van der Waals surface area contributed by atoms with Crippen LogP contribution in [0.5, 0.6) is 0 Å². The van der Waals surface area contributed by atoms with Crippen molar-refractivity contribution in [3.05, 3.63) is 45.7 Å². The number of rotatable bonds is 3. The molecule has 7 nitrogen and oxygen atoms in total. The number of nitrogens with zero attached hydrogens (tertiary/aromatic N) is 2. The Kier molecular flexibility index (Phi) is 4.57. The van der Waals surface area contributed by atoms with E-state index in [9.17, 15) is 10.1 Å². The number of esters is 1. The van der Waals surface area contributed by atoms with Gasteiger partial charge < -0.3 is 24.5 Å². The van der Waals surface area contributed by atoms with Crippen LogP contribution in [0.15, 0.2) is 28.9 Å². The van der Waals surface area contributed by atoms with E-state index in [1.165, 1.54) is 17.9 Å². The summed E-state index contributed by atoms with van der Waals surface area (Å²) in [6.45, 7) is 1.05. The SMILES string of the molecule is COC(=O)c1c(N)c(C#N)cn1-c1cc(Br)cc(C2OCCO2)c1. The molecule has 0 atom stereocenters. The van der Waals surface area contributed by atoms with Crippen molar-refractivity contribution in [1.82, 2.24) is 4.57 Å². The molecule has 0 saturated carbocycles. The lowest BCUT2D eigenvalue weighted by molar-refractivity contribution is -0.0441. The third-order valence-electron chi connectivity index (χ3n) is 3.62. The monoisotopic (exact) mass is 391 g/mol. The molecular formula is C16H14BrN3O4. The number of carbonyl (C=O) groups excluding carboxylic acids is 1. The highest BCUT2D eigenvalue weighted by Gasteiger charge is 2.24. The summed E-state index contributed by atoms with van der Waals surface area (Å²) in [6.07, 6.45) is 1.04. The topological polar surface area (TPSA) is 99.5 Å². The Bertz CT molecular complexity index is 835. The van der Waals surface area contributed by atoms with E-state index in [1.54, 1.807) is 6.07 Å². The van der Waals surface area contributed by atoms with Crippen molar-refractivity contribution >= 4 is 27.6 Å². The molecule has 0 aliphatic carbocycles. The number of nitrogens with two attached hydrogens (primary N) is 1. The maximum Gasteiger partial charge on any atom is 0.357 e. The van der Waals surface area contributed by atoms with Crippen LogP contribution in [0.3, 0.4) is 0 Å². The van der Waals surface area contributed by atoms with Crippen molar-refractivity contribution in [1.29, 1.82) is 5.26 Å². The zero-order valence-corrected chi connectivity index (χ0v) is 14.4. The molecule has 1 saturated heterocycles. The Labute approximate surface area is 146 Å². The van der Waals surface area contributed by atoms with Gasteiger partial charge in [0.1, 0.15) is 6.07 Å². The molecule has 2 heterocycles. The van der Waals surface area contributed by atoms with E-state index >= 15 is 0 Å². The lowest BCUT2D eigenvalue weighted by Crippen LogP contribution is -2.11. The van der Waals surface area contributed by atoms with E-state index in [1.807, 2.05) is 18.2 Å². The Balaban J connectivity index is 2.15. The molecule has 124 valence electrons. The summed E-state index contributed by atoms with van der Waals surface area (Å²) >= 11 is 3.44. The third-order valence-corrected chi connectivity index (χ3v) is 4.08. The number of nitriles is 1. The van der Waals surface area contributed by atoms with Crippen LogP contribution >= 0.6 is 15.9 Å². The van der Waals surface area contributed by atoms with Gasteiger partial charge in [-0.15, -0.1) is 0 Å². The summed E-state index contributed by atoms with van der Waals surface area (Å²) in [4.78, 5) is 12.1. The first-order valence-corrected chi connectivity index (χ1v) is 7.87. The minimum atomic E-state index is -0.621. The summed E-state index contributed by atoms with van der Waals surface area (Å²) in [5, 5.41) is 9.19. The van der Waals surface area contributed by atoms with Crippen LogP contribution in [0.1, 0.15) is 27.9 Å². The average molecular weight is 392 g/mol. The normalized spacial score (nSPS) is 14.5. The van der Waals surface area contributed by atoms with Crippen molar-refractivity contribution in [2.75, 3.05) is 26.1 Å². The molecular weight excluding hydrogens is 378 g/mol. The predicted octanol–water partition coefficient (Wildman–Crippen LogP) is 2.53. The number of hydrogen-bond acceptors (Lipinski definition) is 6. The largest absolute Gasteiger partial charge is 0.464 e. The van der Waals surface area contributed by atoms with Crippen LogP contribution in [-0.2, 0) is 14.2 Å². The Morgan fingerprint density at radius 2 is 2.12 bits per heavy atom. The molecule has 0 radical (unpaired) electrons. The number of aromatic nitrogens is 1. The van der Waals surface area contributed by atoms with Crippen molar-refractivity contribution in [2.24, 2.45) is 0 Å². The molecule has 0 spiro atoms. The second-order valence-corrected chi connectivity index (χ2v) is 6.01. The van der Waals surface area contributed by atoms with Gasteiger partial charge in [-0.25, -0.2) is 4.79 Å². The summed E-state index contributed by atoms with van der Waals surface area (Å²) in [7, 11) is 1.26. The second kappa shape index (κ2) is 6.65. The highest BCUT2D eigenvalue weighted by atomic mass is 79.9. The fourth-order valence-corrected chi connectivity index (χ4v) is 3.04. The van der Waals surface area contributed by atoms with Crippen LogP contribution < -0.4 is 5.73 Å². The smallest absolute Gasteiger partial charge is 0.357 e. The van der Waals surface area contributed by atoms with Gasteiger partial charge in [0.15, 0.2) is 12.0 Å². The summed E-state index contributed by atoms with van der Waals surface area (Å²) in [5.41, 5.74) is 7.73. The fraction of sp³-hybridized carbons (Fsp3) is 0.250. The minimum Gasteiger partial charge on any atom is -0.464 e. The van der Waals surface area contributed by atoms with Crippen LogP contribution in [0.25, 0.3) is 5.69 Å². The van der Waals surface area contributed by atoms with Gasteiger partial charge in [-0.1, -0.05) is 15.9 Å². The molecule has 2 N–H and O–H groups in total. The second-order valence-electron chi connectivity index (χ2n) is 5.09. The highest BCUT2D eigenvalue weighted by Crippen LogP contribution is 2.31. The first-order chi connectivity index (χ1) is 11.5. The predicted molar refractivity (Wildman–Crippen MR) is 88.6 cm³/mol. The van der Waals surface area contributed by atoms with Gasteiger partial charge in [-0.05, 0) is 18.2 Å². The molecule has 1 aromatic heterocycles. The number of methoxy groups -OCH3 is 1. The van der Waals surface area contributed by atoms with Gasteiger partial charge >= 0.3 is 5.97 Å². The van der Waals surface area contributed by atoms with E-state index in [0.29, 0.717) is 18.9 Å². The molecule has 24 heavy (non-hydrogen) atoms. The highest BCUT2D eigenvalue weighted by molar-refractivity contribution is 9.10. The van der Waals surface area contributed by atoms with Gasteiger partial charge in [0, 0.05) is 21.9 Å². The Morgan fingerprint density at radius 3 is 2.75 bits per heavy atom. The number of carbonyl (C=O) groups is 1. The number of anilines is 1. The fourth-order valence-electron chi connectivity index (χ4n) is 2.54. The number of ether oxygens (including phenoxy) is 3. The first-order valence-electron chi connectivity index (χ1n) is 7.08. The van der Waals surface area contributed by atoms with Gasteiger partial charge in [0.05, 0.1) is 31.6 Å².